The van der Waals surface area contributed by atoms with Gasteiger partial charge in [-0.25, -0.2) is 15.8 Å². The molecule has 0 unspecified atom stereocenters. The maximum absolute atomic E-state index is 5.85. The number of hydrazine groups is 1. The monoisotopic (exact) mass is 246 g/mol. The van der Waals surface area contributed by atoms with E-state index >= 15 is 0 Å². The second-order valence-electron chi connectivity index (χ2n) is 3.49. The molecule has 6 N–H and O–H groups in total. The van der Waals surface area contributed by atoms with Crippen LogP contribution in [-0.4, -0.2) is 17.1 Å². The predicted octanol–water partition coefficient (Wildman–Crippen LogP) is 1.10. The van der Waals surface area contributed by atoms with E-state index in [-0.39, 0.29) is 0 Å². The molecule has 7 nitrogen and oxygen atoms in total. The number of rotatable bonds is 4. The molecular weight excluding hydrogens is 232 g/mol. The van der Waals surface area contributed by atoms with Gasteiger partial charge in [-0.3, -0.25) is 0 Å². The second-order valence-corrected chi connectivity index (χ2v) is 3.49. The molecule has 2 aromatic rings. The van der Waals surface area contributed by atoms with Gasteiger partial charge in [0.05, 0.1) is 7.11 Å². The summed E-state index contributed by atoms with van der Waals surface area (Å²) in [7, 11) is 1.61. The van der Waals surface area contributed by atoms with Crippen LogP contribution in [0.2, 0.25) is 0 Å². The number of benzene rings is 1. The third-order valence-corrected chi connectivity index (χ3v) is 2.35. The lowest BCUT2D eigenvalue weighted by atomic mass is 10.3. The normalized spacial score (nSPS) is 9.89. The lowest BCUT2D eigenvalue weighted by Gasteiger charge is -2.11. The van der Waals surface area contributed by atoms with Crippen LogP contribution in [0.1, 0.15) is 0 Å². The van der Waals surface area contributed by atoms with Gasteiger partial charge in [-0.05, 0) is 12.1 Å². The van der Waals surface area contributed by atoms with Crippen molar-refractivity contribution in [2.75, 3.05) is 23.6 Å². The fourth-order valence-corrected chi connectivity index (χ4v) is 1.45. The minimum atomic E-state index is 0.350. The molecule has 0 saturated heterocycles. The van der Waals surface area contributed by atoms with Gasteiger partial charge in [-0.15, -0.1) is 0 Å². The molecule has 0 spiro atoms. The van der Waals surface area contributed by atoms with Crippen molar-refractivity contribution in [1.82, 2.24) is 9.97 Å². The van der Waals surface area contributed by atoms with Crippen LogP contribution < -0.4 is 27.1 Å². The van der Waals surface area contributed by atoms with E-state index in [4.69, 9.17) is 16.3 Å². The van der Waals surface area contributed by atoms with Crippen LogP contribution in [0.4, 0.5) is 23.0 Å². The summed E-state index contributed by atoms with van der Waals surface area (Å²) in [4.78, 5) is 7.95. The van der Waals surface area contributed by atoms with Gasteiger partial charge < -0.3 is 21.2 Å². The van der Waals surface area contributed by atoms with Gasteiger partial charge in [-0.1, -0.05) is 6.07 Å². The van der Waals surface area contributed by atoms with Crippen LogP contribution in [0.3, 0.4) is 0 Å². The van der Waals surface area contributed by atoms with Crippen molar-refractivity contribution in [3.8, 4) is 5.75 Å². The number of nitrogens with two attached hydrogens (primary N) is 2. The Morgan fingerprint density at radius 1 is 1.22 bits per heavy atom. The van der Waals surface area contributed by atoms with E-state index in [9.17, 15) is 0 Å². The van der Waals surface area contributed by atoms with E-state index in [1.54, 1.807) is 7.11 Å². The van der Waals surface area contributed by atoms with Gasteiger partial charge in [-0.2, -0.15) is 0 Å². The zero-order chi connectivity index (χ0) is 13.0. The van der Waals surface area contributed by atoms with Crippen LogP contribution >= 0.6 is 0 Å². The average Bonchev–Trinajstić information content (AvgIpc) is 2.41. The lowest BCUT2D eigenvalue weighted by Crippen LogP contribution is -2.12. The highest BCUT2D eigenvalue weighted by Gasteiger charge is 2.07. The number of hydrogen-bond acceptors (Lipinski definition) is 7. The Labute approximate surface area is 104 Å². The largest absolute Gasteiger partial charge is 0.497 e. The summed E-state index contributed by atoms with van der Waals surface area (Å²) >= 11 is 0. The first kappa shape index (κ1) is 11.9. The maximum atomic E-state index is 5.85. The van der Waals surface area contributed by atoms with Crippen molar-refractivity contribution < 1.29 is 4.74 Å². The topological polar surface area (TPSA) is 111 Å². The zero-order valence-electron chi connectivity index (χ0n) is 9.84. The highest BCUT2D eigenvalue weighted by Crippen LogP contribution is 2.26. The highest BCUT2D eigenvalue weighted by molar-refractivity contribution is 5.77. The standard InChI is InChI=1S/C11H14N6O/c1-18-8-4-2-3-7(5-8)16-10-9(12)11(17-13)15-6-14-10/h2-6H,12-13H2,1H3,(H2,14,15,16,17). The van der Waals surface area contributed by atoms with E-state index in [0.29, 0.717) is 17.3 Å². The minimum Gasteiger partial charge on any atom is -0.497 e. The fourth-order valence-electron chi connectivity index (χ4n) is 1.45. The Morgan fingerprint density at radius 2 is 2.00 bits per heavy atom. The number of nitrogen functional groups attached to an aromatic ring is 2. The Balaban J connectivity index is 2.28. The third-order valence-electron chi connectivity index (χ3n) is 2.35. The fraction of sp³-hybridized carbons (Fsp3) is 0.0909. The SMILES string of the molecule is COc1cccc(Nc2ncnc(NN)c2N)c1. The number of methoxy groups -OCH3 is 1. The van der Waals surface area contributed by atoms with Crippen LogP contribution in [0.25, 0.3) is 0 Å². The predicted molar refractivity (Wildman–Crippen MR) is 70.5 cm³/mol. The maximum Gasteiger partial charge on any atom is 0.168 e. The van der Waals surface area contributed by atoms with Gasteiger partial charge in [0.25, 0.3) is 0 Å². The molecule has 0 atom stereocenters. The van der Waals surface area contributed by atoms with Crippen LogP contribution in [0, 0.1) is 0 Å². The first-order valence-corrected chi connectivity index (χ1v) is 5.22. The molecule has 0 aliphatic carbocycles. The molecule has 0 aliphatic heterocycles. The Hall–Kier alpha value is -2.54. The van der Waals surface area contributed by atoms with Gasteiger partial charge >= 0.3 is 0 Å². The van der Waals surface area contributed by atoms with E-state index in [1.165, 1.54) is 6.33 Å². The summed E-state index contributed by atoms with van der Waals surface area (Å²) in [5.41, 5.74) is 9.41. The minimum absolute atomic E-state index is 0.350. The lowest BCUT2D eigenvalue weighted by molar-refractivity contribution is 0.415. The summed E-state index contributed by atoms with van der Waals surface area (Å²) in [6.07, 6.45) is 1.37. The molecule has 0 saturated carbocycles. The summed E-state index contributed by atoms with van der Waals surface area (Å²) < 4.78 is 5.13. The Kier molecular flexibility index (Phi) is 3.44. The van der Waals surface area contributed by atoms with E-state index in [2.05, 4.69) is 20.7 Å². The van der Waals surface area contributed by atoms with Gasteiger partial charge in [0.1, 0.15) is 17.8 Å². The van der Waals surface area contributed by atoms with Crippen molar-refractivity contribution in [3.05, 3.63) is 30.6 Å². The third kappa shape index (κ3) is 2.41. The van der Waals surface area contributed by atoms with Crippen molar-refractivity contribution in [2.45, 2.75) is 0 Å². The summed E-state index contributed by atoms with van der Waals surface area (Å²) in [5, 5.41) is 3.07. The Morgan fingerprint density at radius 3 is 2.72 bits per heavy atom. The van der Waals surface area contributed by atoms with Gasteiger partial charge in [0.2, 0.25) is 0 Å². The molecule has 1 aromatic heterocycles. The van der Waals surface area contributed by atoms with Crippen molar-refractivity contribution >= 4 is 23.0 Å². The number of ether oxygens (including phenoxy) is 1. The van der Waals surface area contributed by atoms with Gasteiger partial charge in [0, 0.05) is 11.8 Å². The molecule has 1 heterocycles. The summed E-state index contributed by atoms with van der Waals surface area (Å²) in [6.45, 7) is 0. The molecule has 0 bridgehead atoms. The number of anilines is 4. The molecule has 0 radical (unpaired) electrons. The molecule has 7 heteroatoms. The smallest absolute Gasteiger partial charge is 0.168 e. The second kappa shape index (κ2) is 5.19. The molecule has 0 fully saturated rings. The number of hydrogen-bond donors (Lipinski definition) is 4. The molecule has 0 amide bonds. The van der Waals surface area contributed by atoms with Crippen molar-refractivity contribution in [2.24, 2.45) is 5.84 Å². The molecule has 1 aromatic carbocycles. The first-order chi connectivity index (χ1) is 8.74. The zero-order valence-corrected chi connectivity index (χ0v) is 9.84. The number of nitrogens with zero attached hydrogens (tertiary/aromatic N) is 2. The van der Waals surface area contributed by atoms with Gasteiger partial charge in [0.15, 0.2) is 11.6 Å². The summed E-state index contributed by atoms with van der Waals surface area (Å²) in [6, 6.07) is 7.42. The molecule has 2 rings (SSSR count). The number of aromatic nitrogens is 2. The molecule has 0 aliphatic rings. The van der Waals surface area contributed by atoms with Crippen molar-refractivity contribution in [1.29, 1.82) is 0 Å². The quantitative estimate of drug-likeness (QED) is 0.472. The van der Waals surface area contributed by atoms with Crippen molar-refractivity contribution in [3.63, 3.8) is 0 Å². The summed E-state index contributed by atoms with van der Waals surface area (Å²) in [5.74, 6) is 6.88. The first-order valence-electron chi connectivity index (χ1n) is 5.22. The van der Waals surface area contributed by atoms with Crippen LogP contribution in [0.5, 0.6) is 5.75 Å². The molecule has 18 heavy (non-hydrogen) atoms. The van der Waals surface area contributed by atoms with E-state index in [1.807, 2.05) is 24.3 Å². The van der Waals surface area contributed by atoms with Crippen LogP contribution in [0.15, 0.2) is 30.6 Å². The highest BCUT2D eigenvalue weighted by atomic mass is 16.5. The molecular formula is C11H14N6O. The number of nitrogens with one attached hydrogen (secondary N) is 2. The van der Waals surface area contributed by atoms with E-state index < -0.39 is 0 Å². The average molecular weight is 246 g/mol. The Bertz CT molecular complexity index is 545. The van der Waals surface area contributed by atoms with E-state index in [0.717, 1.165) is 11.4 Å². The van der Waals surface area contributed by atoms with Crippen LogP contribution in [-0.2, 0) is 0 Å². The molecule has 94 valence electrons.